The van der Waals surface area contributed by atoms with Crippen molar-refractivity contribution < 1.29 is 41.9 Å². The number of aryl methyl sites for hydroxylation is 1. The van der Waals surface area contributed by atoms with E-state index in [0.717, 1.165) is 66.0 Å². The Morgan fingerprint density at radius 2 is 1.81 bits per heavy atom. The van der Waals surface area contributed by atoms with Crippen molar-refractivity contribution in [2.24, 2.45) is 0 Å². The van der Waals surface area contributed by atoms with Crippen LogP contribution >= 0.6 is 0 Å². The van der Waals surface area contributed by atoms with Crippen LogP contribution in [-0.4, -0.2) is 51.7 Å². The van der Waals surface area contributed by atoms with Crippen molar-refractivity contribution in [1.82, 2.24) is 10.1 Å². The van der Waals surface area contributed by atoms with Gasteiger partial charge in [0.25, 0.3) is 0 Å². The summed E-state index contributed by atoms with van der Waals surface area (Å²) in [5.41, 5.74) is 3.23. The maximum Gasteiger partial charge on any atom is 0.573 e. The summed E-state index contributed by atoms with van der Waals surface area (Å²) in [6.45, 7) is 2.39. The lowest BCUT2D eigenvalue weighted by molar-refractivity contribution is -0.274. The number of alkyl halides is 3. The SMILES string of the molecule is Cc1ccccc1-c1noc(C2CC2)c1COC1CC2CCC(C1)N2C(=O)Nc1ccc(C(=O)O)c(OC(F)(F)F)c1. The molecule has 3 aromatic rings. The monoisotopic (exact) mass is 585 g/mol. The number of amides is 2. The van der Waals surface area contributed by atoms with Gasteiger partial charge in [-0.25, -0.2) is 9.59 Å². The summed E-state index contributed by atoms with van der Waals surface area (Å²) in [7, 11) is 0. The topological polar surface area (TPSA) is 114 Å². The van der Waals surface area contributed by atoms with Gasteiger partial charge in [0.15, 0.2) is 0 Å². The van der Waals surface area contributed by atoms with E-state index in [1.165, 1.54) is 6.07 Å². The van der Waals surface area contributed by atoms with Gasteiger partial charge >= 0.3 is 18.4 Å². The fourth-order valence-electron chi connectivity index (χ4n) is 6.15. The molecule has 42 heavy (non-hydrogen) atoms. The van der Waals surface area contributed by atoms with Crippen molar-refractivity contribution in [1.29, 1.82) is 0 Å². The fourth-order valence-corrected chi connectivity index (χ4v) is 6.15. The van der Waals surface area contributed by atoms with Gasteiger partial charge < -0.3 is 29.3 Å². The van der Waals surface area contributed by atoms with E-state index in [2.05, 4.69) is 15.2 Å². The summed E-state index contributed by atoms with van der Waals surface area (Å²) in [5, 5.41) is 16.2. The first-order valence-corrected chi connectivity index (χ1v) is 14.0. The molecule has 0 spiro atoms. The number of benzene rings is 2. The van der Waals surface area contributed by atoms with E-state index in [0.29, 0.717) is 25.4 Å². The third-order valence-electron chi connectivity index (χ3n) is 8.24. The third kappa shape index (κ3) is 5.80. The van der Waals surface area contributed by atoms with Gasteiger partial charge in [0.1, 0.15) is 22.8 Å². The van der Waals surface area contributed by atoms with E-state index in [-0.39, 0.29) is 23.9 Å². The van der Waals surface area contributed by atoms with Crippen LogP contribution in [0.15, 0.2) is 47.0 Å². The number of carboxylic acids is 1. The number of halogens is 3. The molecule has 2 unspecified atom stereocenters. The largest absolute Gasteiger partial charge is 0.573 e. The minimum atomic E-state index is -5.08. The Kier molecular flexibility index (Phi) is 7.34. The number of hydrogen-bond donors (Lipinski definition) is 2. The zero-order valence-electron chi connectivity index (χ0n) is 22.8. The molecule has 2 aromatic carbocycles. The normalized spacial score (nSPS) is 21.8. The lowest BCUT2D eigenvalue weighted by Crippen LogP contribution is -2.50. The summed E-state index contributed by atoms with van der Waals surface area (Å²) in [6, 6.07) is 10.4. The number of rotatable bonds is 8. The fraction of sp³-hybridized carbons (Fsp3) is 0.433. The van der Waals surface area contributed by atoms with Crippen LogP contribution in [0.4, 0.5) is 23.7 Å². The minimum Gasteiger partial charge on any atom is -0.478 e. The van der Waals surface area contributed by atoms with Gasteiger partial charge in [-0.3, -0.25) is 0 Å². The second-order valence-electron chi connectivity index (χ2n) is 11.2. The molecule has 2 amide bonds. The molecular formula is C30H30F3N3O6. The molecule has 222 valence electrons. The Labute approximate surface area is 239 Å². The summed E-state index contributed by atoms with van der Waals surface area (Å²) < 4.78 is 54.6. The Hall–Kier alpha value is -4.06. The average molecular weight is 586 g/mol. The second-order valence-corrected chi connectivity index (χ2v) is 11.2. The number of ether oxygens (including phenoxy) is 2. The van der Waals surface area contributed by atoms with Gasteiger partial charge in [0.05, 0.1) is 12.7 Å². The Balaban J connectivity index is 1.12. The third-order valence-corrected chi connectivity index (χ3v) is 8.24. The number of hydrogen-bond acceptors (Lipinski definition) is 6. The van der Waals surface area contributed by atoms with Crippen LogP contribution in [0, 0.1) is 6.92 Å². The quantitative estimate of drug-likeness (QED) is 0.297. The van der Waals surface area contributed by atoms with Crippen LogP contribution in [0.2, 0.25) is 0 Å². The molecule has 3 aliphatic rings. The van der Waals surface area contributed by atoms with Gasteiger partial charge in [-0.2, -0.15) is 0 Å². The molecule has 2 atom stereocenters. The maximum atomic E-state index is 13.2. The van der Waals surface area contributed by atoms with Crippen LogP contribution in [0.5, 0.6) is 5.75 Å². The predicted octanol–water partition coefficient (Wildman–Crippen LogP) is 6.87. The van der Waals surface area contributed by atoms with Crippen molar-refractivity contribution in [3.63, 3.8) is 0 Å². The zero-order chi connectivity index (χ0) is 29.6. The lowest BCUT2D eigenvalue weighted by atomic mass is 9.99. The van der Waals surface area contributed by atoms with Crippen molar-refractivity contribution in [2.45, 2.75) is 82.5 Å². The summed E-state index contributed by atoms with van der Waals surface area (Å²) >= 11 is 0. The number of aromatic nitrogens is 1. The first-order chi connectivity index (χ1) is 20.1. The summed E-state index contributed by atoms with van der Waals surface area (Å²) in [5.74, 6) is -1.22. The van der Waals surface area contributed by atoms with Crippen molar-refractivity contribution >= 4 is 17.7 Å². The number of anilines is 1. The predicted molar refractivity (Wildman–Crippen MR) is 144 cm³/mol. The van der Waals surface area contributed by atoms with Crippen LogP contribution in [0.25, 0.3) is 11.3 Å². The van der Waals surface area contributed by atoms with E-state index >= 15 is 0 Å². The summed E-state index contributed by atoms with van der Waals surface area (Å²) in [4.78, 5) is 26.3. The van der Waals surface area contributed by atoms with Gasteiger partial charge in [0, 0.05) is 40.9 Å². The number of fused-ring (bicyclic) bond motifs is 2. The smallest absolute Gasteiger partial charge is 0.478 e. The molecule has 9 nitrogen and oxygen atoms in total. The summed E-state index contributed by atoms with van der Waals surface area (Å²) in [6.07, 6.45) is -0.227. The highest BCUT2D eigenvalue weighted by Gasteiger charge is 2.44. The molecule has 12 heteroatoms. The Bertz CT molecular complexity index is 1490. The average Bonchev–Trinajstić information content (AvgIpc) is 3.62. The van der Waals surface area contributed by atoms with E-state index in [1.807, 2.05) is 31.2 Å². The molecular weight excluding hydrogens is 555 g/mol. The molecule has 1 saturated carbocycles. The second kappa shape index (κ2) is 11.0. The van der Waals surface area contributed by atoms with Gasteiger partial charge in [-0.1, -0.05) is 29.4 Å². The van der Waals surface area contributed by atoms with E-state index in [4.69, 9.17) is 9.26 Å². The molecule has 1 aromatic heterocycles. The number of carboxylic acid groups (broad SMARTS) is 1. The number of urea groups is 1. The van der Waals surface area contributed by atoms with Crippen molar-refractivity contribution in [3.8, 4) is 17.0 Å². The maximum absolute atomic E-state index is 13.2. The van der Waals surface area contributed by atoms with Crippen LogP contribution < -0.4 is 10.1 Å². The number of carbonyl (C=O) groups excluding carboxylic acids is 1. The van der Waals surface area contributed by atoms with E-state index in [1.54, 1.807) is 4.90 Å². The van der Waals surface area contributed by atoms with Crippen molar-refractivity contribution in [3.05, 3.63) is 64.9 Å². The van der Waals surface area contributed by atoms with E-state index in [9.17, 15) is 27.9 Å². The molecule has 2 N–H and O–H groups in total. The molecule has 3 fully saturated rings. The number of nitrogens with one attached hydrogen (secondary N) is 1. The molecule has 1 aliphatic carbocycles. The minimum absolute atomic E-state index is 0.00539. The standard InChI is InChI=1S/C30H30F3N3O6/c1-16-4-2-3-5-22(16)26-24(27(42-35-26)17-6-7-17)15-40-21-13-19-9-10-20(14-21)36(19)29(39)34-18-8-11-23(28(37)38)25(12-18)41-30(31,32)33/h2-5,8,11-12,17,19-21H,6-7,9-10,13-15H2,1H3,(H,34,39)(H,37,38). The first kappa shape index (κ1) is 28.1. The highest BCUT2D eigenvalue weighted by Crippen LogP contribution is 2.45. The molecule has 2 saturated heterocycles. The Morgan fingerprint density at radius 1 is 1.10 bits per heavy atom. The molecule has 2 aliphatic heterocycles. The first-order valence-electron chi connectivity index (χ1n) is 14.0. The molecule has 2 bridgehead atoms. The highest BCUT2D eigenvalue weighted by atomic mass is 19.4. The van der Waals surface area contributed by atoms with Gasteiger partial charge in [0.2, 0.25) is 0 Å². The van der Waals surface area contributed by atoms with E-state index < -0.39 is 29.7 Å². The van der Waals surface area contributed by atoms with Gasteiger partial charge in [-0.05, 0) is 63.1 Å². The number of aromatic carboxylic acids is 1. The number of nitrogens with zero attached hydrogens (tertiary/aromatic N) is 2. The Morgan fingerprint density at radius 3 is 2.45 bits per heavy atom. The van der Waals surface area contributed by atoms with Crippen LogP contribution in [0.1, 0.15) is 71.7 Å². The molecule has 0 radical (unpaired) electrons. The lowest BCUT2D eigenvalue weighted by Gasteiger charge is -2.38. The van der Waals surface area contributed by atoms with Crippen molar-refractivity contribution in [2.75, 3.05) is 5.32 Å². The molecule has 3 heterocycles. The van der Waals surface area contributed by atoms with Gasteiger partial charge in [-0.15, -0.1) is 13.2 Å². The molecule has 6 rings (SSSR count). The van der Waals surface area contributed by atoms with Crippen LogP contribution in [0.3, 0.4) is 0 Å². The number of piperidine rings is 1. The highest BCUT2D eigenvalue weighted by molar-refractivity contribution is 5.94. The zero-order valence-corrected chi connectivity index (χ0v) is 22.8. The van der Waals surface area contributed by atoms with Crippen LogP contribution in [-0.2, 0) is 11.3 Å². The number of carbonyl (C=O) groups is 2.